The largest absolute Gasteiger partial charge is 0.350 e. The summed E-state index contributed by atoms with van der Waals surface area (Å²) in [5, 5.41) is 1.03. The quantitative estimate of drug-likeness (QED) is 0.487. The molecule has 0 atom stereocenters. The van der Waals surface area contributed by atoms with Crippen molar-refractivity contribution < 1.29 is 0 Å². The van der Waals surface area contributed by atoms with Gasteiger partial charge in [0.1, 0.15) is 0 Å². The molecule has 3 heteroatoms. The lowest BCUT2D eigenvalue weighted by Gasteiger charge is -2.18. The highest BCUT2D eigenvalue weighted by molar-refractivity contribution is 7.80. The molecule has 1 heterocycles. The third-order valence-corrected chi connectivity index (χ3v) is 2.90. The minimum atomic E-state index is 1.03. The molecule has 0 spiro atoms. The maximum atomic E-state index is 5.26. The van der Waals surface area contributed by atoms with Crippen LogP contribution in [0.5, 0.6) is 0 Å². The zero-order chi connectivity index (χ0) is 8.97. The van der Waals surface area contributed by atoms with Crippen LogP contribution in [0.4, 0.5) is 0 Å². The van der Waals surface area contributed by atoms with Gasteiger partial charge in [-0.2, -0.15) is 0 Å². The van der Waals surface area contributed by atoms with Crippen molar-refractivity contribution in [3.05, 3.63) is 0 Å². The third-order valence-electron chi connectivity index (χ3n) is 2.33. The Morgan fingerprint density at radius 2 is 2.08 bits per heavy atom. The lowest BCUT2D eigenvalue weighted by Crippen LogP contribution is -2.29. The van der Waals surface area contributed by atoms with Crippen molar-refractivity contribution in [1.29, 1.82) is 0 Å². The lowest BCUT2D eigenvalue weighted by molar-refractivity contribution is 0.446. The Morgan fingerprint density at radius 1 is 1.33 bits per heavy atom. The summed E-state index contributed by atoms with van der Waals surface area (Å²) in [7, 11) is 2.07. The maximum absolute atomic E-state index is 5.26. The summed E-state index contributed by atoms with van der Waals surface area (Å²) in [6, 6.07) is 0. The van der Waals surface area contributed by atoms with Gasteiger partial charge in [-0.1, -0.05) is 19.8 Å². The molecule has 1 aliphatic heterocycles. The van der Waals surface area contributed by atoms with Gasteiger partial charge in [0.25, 0.3) is 0 Å². The van der Waals surface area contributed by atoms with Crippen LogP contribution in [0.2, 0.25) is 0 Å². The summed E-state index contributed by atoms with van der Waals surface area (Å²) in [4.78, 5) is 4.46. The smallest absolute Gasteiger partial charge is 0.171 e. The highest BCUT2D eigenvalue weighted by atomic mass is 32.1. The molecule has 12 heavy (non-hydrogen) atoms. The summed E-state index contributed by atoms with van der Waals surface area (Å²) in [6.07, 6.45) is 3.89. The molecule has 0 aromatic rings. The molecule has 1 aliphatic rings. The number of unbranched alkanes of at least 4 members (excludes halogenated alkanes) is 2. The summed E-state index contributed by atoms with van der Waals surface area (Å²) < 4.78 is 0. The van der Waals surface area contributed by atoms with Gasteiger partial charge >= 0.3 is 0 Å². The Balaban J connectivity index is 2.20. The van der Waals surface area contributed by atoms with Crippen LogP contribution in [-0.2, 0) is 0 Å². The molecule has 0 unspecified atom stereocenters. The number of hydrogen-bond acceptors (Lipinski definition) is 1. The van der Waals surface area contributed by atoms with Crippen LogP contribution in [0.15, 0.2) is 0 Å². The molecule has 2 nitrogen and oxygen atoms in total. The molecule has 0 aromatic carbocycles. The third kappa shape index (κ3) is 2.34. The second-order valence-electron chi connectivity index (χ2n) is 3.40. The number of thiocarbonyl (C=S) groups is 1. The van der Waals surface area contributed by atoms with Crippen molar-refractivity contribution in [2.24, 2.45) is 0 Å². The average molecular weight is 186 g/mol. The van der Waals surface area contributed by atoms with Gasteiger partial charge in [0.2, 0.25) is 0 Å². The number of nitrogens with zero attached hydrogens (tertiary/aromatic N) is 2. The fourth-order valence-corrected chi connectivity index (χ4v) is 1.74. The fourth-order valence-electron chi connectivity index (χ4n) is 1.46. The SMILES string of the molecule is CCCCCN1CCN(C)C1=S. The molecular formula is C9H18N2S. The Kier molecular flexibility index (Phi) is 3.79. The highest BCUT2D eigenvalue weighted by Crippen LogP contribution is 2.08. The molecule has 0 radical (unpaired) electrons. The van der Waals surface area contributed by atoms with Crippen LogP contribution in [0.3, 0.4) is 0 Å². The van der Waals surface area contributed by atoms with Crippen molar-refractivity contribution in [3.8, 4) is 0 Å². The first-order valence-corrected chi connectivity index (χ1v) is 5.16. The van der Waals surface area contributed by atoms with Gasteiger partial charge in [0.15, 0.2) is 5.11 Å². The van der Waals surface area contributed by atoms with Gasteiger partial charge in [-0.25, -0.2) is 0 Å². The number of likely N-dealkylation sites (N-methyl/N-ethyl adjacent to an activating group) is 1. The van der Waals surface area contributed by atoms with E-state index in [2.05, 4.69) is 23.8 Å². The monoisotopic (exact) mass is 186 g/mol. The van der Waals surface area contributed by atoms with Crippen LogP contribution in [0.25, 0.3) is 0 Å². The van der Waals surface area contributed by atoms with Crippen LogP contribution < -0.4 is 0 Å². The van der Waals surface area contributed by atoms with E-state index in [1.165, 1.54) is 19.3 Å². The van der Waals surface area contributed by atoms with E-state index in [9.17, 15) is 0 Å². The summed E-state index contributed by atoms with van der Waals surface area (Å²) in [5.74, 6) is 0. The van der Waals surface area contributed by atoms with Crippen LogP contribution in [0.1, 0.15) is 26.2 Å². The fraction of sp³-hybridized carbons (Fsp3) is 0.889. The zero-order valence-electron chi connectivity index (χ0n) is 8.05. The summed E-state index contributed by atoms with van der Waals surface area (Å²) in [6.45, 7) is 5.61. The van der Waals surface area contributed by atoms with Gasteiger partial charge in [-0.15, -0.1) is 0 Å². The lowest BCUT2D eigenvalue weighted by atomic mass is 10.2. The van der Waals surface area contributed by atoms with E-state index < -0.39 is 0 Å². The van der Waals surface area contributed by atoms with Crippen molar-refractivity contribution >= 4 is 17.3 Å². The van der Waals surface area contributed by atoms with E-state index in [-0.39, 0.29) is 0 Å². The topological polar surface area (TPSA) is 6.48 Å². The molecule has 0 amide bonds. The molecule has 0 aliphatic carbocycles. The molecule has 70 valence electrons. The Bertz CT molecular complexity index is 159. The Morgan fingerprint density at radius 3 is 2.58 bits per heavy atom. The van der Waals surface area contributed by atoms with Crippen molar-refractivity contribution in [1.82, 2.24) is 9.80 Å². The van der Waals surface area contributed by atoms with E-state index in [0.717, 1.165) is 24.7 Å². The molecule has 0 N–H and O–H groups in total. The molecular weight excluding hydrogens is 168 g/mol. The molecule has 0 saturated carbocycles. The minimum absolute atomic E-state index is 1.03. The molecule has 1 saturated heterocycles. The van der Waals surface area contributed by atoms with Crippen LogP contribution >= 0.6 is 12.2 Å². The van der Waals surface area contributed by atoms with E-state index in [1.807, 2.05) is 0 Å². The maximum Gasteiger partial charge on any atom is 0.171 e. The van der Waals surface area contributed by atoms with Crippen molar-refractivity contribution in [3.63, 3.8) is 0 Å². The summed E-state index contributed by atoms with van der Waals surface area (Å²) in [5.41, 5.74) is 0. The molecule has 1 rings (SSSR count). The van der Waals surface area contributed by atoms with E-state index in [0.29, 0.717) is 0 Å². The number of hydrogen-bond donors (Lipinski definition) is 0. The first-order valence-electron chi connectivity index (χ1n) is 4.75. The van der Waals surface area contributed by atoms with E-state index >= 15 is 0 Å². The van der Waals surface area contributed by atoms with Crippen molar-refractivity contribution in [2.75, 3.05) is 26.7 Å². The predicted molar refractivity (Wildman–Crippen MR) is 56.3 cm³/mol. The normalized spacial score (nSPS) is 17.7. The van der Waals surface area contributed by atoms with E-state index in [1.54, 1.807) is 0 Å². The Hall–Kier alpha value is -0.310. The Labute approximate surface area is 80.5 Å². The van der Waals surface area contributed by atoms with E-state index in [4.69, 9.17) is 12.2 Å². The van der Waals surface area contributed by atoms with Gasteiger partial charge < -0.3 is 9.80 Å². The number of rotatable bonds is 4. The van der Waals surface area contributed by atoms with Gasteiger partial charge in [0.05, 0.1) is 0 Å². The second kappa shape index (κ2) is 4.65. The second-order valence-corrected chi connectivity index (χ2v) is 3.76. The standard InChI is InChI=1S/C9H18N2S/c1-3-4-5-6-11-8-7-10(2)9(11)12/h3-8H2,1-2H3. The zero-order valence-corrected chi connectivity index (χ0v) is 8.86. The minimum Gasteiger partial charge on any atom is -0.350 e. The molecule has 0 aromatic heterocycles. The van der Waals surface area contributed by atoms with Gasteiger partial charge in [-0.3, -0.25) is 0 Å². The summed E-state index contributed by atoms with van der Waals surface area (Å²) >= 11 is 5.26. The molecule has 1 fully saturated rings. The average Bonchev–Trinajstić information content (AvgIpc) is 2.36. The predicted octanol–water partition coefficient (Wildman–Crippen LogP) is 1.71. The van der Waals surface area contributed by atoms with Crippen LogP contribution in [-0.4, -0.2) is 41.6 Å². The van der Waals surface area contributed by atoms with Gasteiger partial charge in [0, 0.05) is 26.7 Å². The van der Waals surface area contributed by atoms with Crippen molar-refractivity contribution in [2.45, 2.75) is 26.2 Å². The highest BCUT2D eigenvalue weighted by Gasteiger charge is 2.20. The first-order chi connectivity index (χ1) is 5.75. The first kappa shape index (κ1) is 9.78. The van der Waals surface area contributed by atoms with Gasteiger partial charge in [-0.05, 0) is 18.6 Å². The molecule has 0 bridgehead atoms. The van der Waals surface area contributed by atoms with Crippen LogP contribution in [0, 0.1) is 0 Å².